The van der Waals surface area contributed by atoms with E-state index in [4.69, 9.17) is 9.47 Å². The molecule has 5 rings (SSSR count). The van der Waals surface area contributed by atoms with Crippen molar-refractivity contribution in [3.05, 3.63) is 41.7 Å². The number of hydrogen-bond donors (Lipinski definition) is 1. The third kappa shape index (κ3) is 5.29. The van der Waals surface area contributed by atoms with E-state index in [1.165, 1.54) is 5.56 Å². The van der Waals surface area contributed by atoms with Gasteiger partial charge in [0.1, 0.15) is 12.4 Å². The maximum absolute atomic E-state index is 13.1. The Labute approximate surface area is 201 Å². The second kappa shape index (κ2) is 10.9. The van der Waals surface area contributed by atoms with Gasteiger partial charge in [-0.3, -0.25) is 9.59 Å². The van der Waals surface area contributed by atoms with Gasteiger partial charge in [0.15, 0.2) is 0 Å². The van der Waals surface area contributed by atoms with Gasteiger partial charge in [-0.15, -0.1) is 0 Å². The lowest BCUT2D eigenvalue weighted by molar-refractivity contribution is -0.138. The number of morpholine rings is 1. The predicted octanol–water partition coefficient (Wildman–Crippen LogP) is 4.29. The molecule has 4 fully saturated rings. The van der Waals surface area contributed by atoms with E-state index in [1.54, 1.807) is 0 Å². The summed E-state index contributed by atoms with van der Waals surface area (Å²) in [5.74, 6) is 0.957. The standard InChI is InChI=1S/C27H37FN2O4/c1-2-21(19-28)20-34-23-5-3-22(4-6-23)26-8-11-27(12-9-26,13-10-26)25(32)29-14-7-24(31)30-15-17-33-18-16-30/h3-6,19H,2,7-18,20H2,1H3,(H,29,32)/b21-19+. The van der Waals surface area contributed by atoms with Gasteiger partial charge in [-0.2, -0.15) is 0 Å². The fraction of sp³-hybridized carbons (Fsp3) is 0.630. The molecule has 1 aromatic carbocycles. The van der Waals surface area contributed by atoms with Crippen molar-refractivity contribution in [2.45, 2.75) is 63.7 Å². The molecule has 0 unspecified atom stereocenters. The van der Waals surface area contributed by atoms with Crippen LogP contribution >= 0.6 is 0 Å². The van der Waals surface area contributed by atoms with Crippen molar-refractivity contribution < 1.29 is 23.5 Å². The fourth-order valence-corrected chi connectivity index (χ4v) is 5.69. The summed E-state index contributed by atoms with van der Waals surface area (Å²) in [5.41, 5.74) is 1.78. The number of fused-ring (bicyclic) bond motifs is 3. The van der Waals surface area contributed by atoms with Gasteiger partial charge in [-0.25, -0.2) is 4.39 Å². The number of halogens is 1. The maximum Gasteiger partial charge on any atom is 0.226 e. The van der Waals surface area contributed by atoms with Gasteiger partial charge in [0.25, 0.3) is 0 Å². The highest BCUT2D eigenvalue weighted by Crippen LogP contribution is 2.57. The number of hydrogen-bond acceptors (Lipinski definition) is 4. The van der Waals surface area contributed by atoms with Gasteiger partial charge >= 0.3 is 0 Å². The van der Waals surface area contributed by atoms with Crippen molar-refractivity contribution in [1.82, 2.24) is 10.2 Å². The molecule has 0 spiro atoms. The van der Waals surface area contributed by atoms with Crippen LogP contribution in [0.3, 0.4) is 0 Å². The zero-order valence-corrected chi connectivity index (χ0v) is 20.2. The lowest BCUT2D eigenvalue weighted by Crippen LogP contribution is -2.52. The van der Waals surface area contributed by atoms with E-state index < -0.39 is 0 Å². The third-order valence-electron chi connectivity index (χ3n) is 8.22. The first-order chi connectivity index (χ1) is 16.5. The number of carbonyl (C=O) groups excluding carboxylic acids is 2. The van der Waals surface area contributed by atoms with E-state index >= 15 is 0 Å². The van der Waals surface area contributed by atoms with Crippen LogP contribution in [0.1, 0.15) is 63.9 Å². The van der Waals surface area contributed by atoms with Gasteiger partial charge in [0.2, 0.25) is 11.8 Å². The van der Waals surface area contributed by atoms with E-state index in [2.05, 4.69) is 17.4 Å². The van der Waals surface area contributed by atoms with Crippen LogP contribution in [0.4, 0.5) is 4.39 Å². The summed E-state index contributed by atoms with van der Waals surface area (Å²) in [6.45, 7) is 5.05. The Morgan fingerprint density at radius 2 is 1.74 bits per heavy atom. The molecule has 34 heavy (non-hydrogen) atoms. The van der Waals surface area contributed by atoms with Crippen molar-refractivity contribution in [2.75, 3.05) is 39.5 Å². The monoisotopic (exact) mass is 472 g/mol. The molecule has 6 nitrogen and oxygen atoms in total. The number of nitrogens with zero attached hydrogens (tertiary/aromatic N) is 1. The average molecular weight is 473 g/mol. The van der Waals surface area contributed by atoms with Gasteiger partial charge in [-0.05, 0) is 73.6 Å². The first-order valence-electron chi connectivity index (χ1n) is 12.7. The summed E-state index contributed by atoms with van der Waals surface area (Å²) in [6, 6.07) is 8.22. The molecule has 3 aliphatic carbocycles. The van der Waals surface area contributed by atoms with Crippen LogP contribution in [0, 0.1) is 5.41 Å². The highest BCUT2D eigenvalue weighted by molar-refractivity contribution is 5.84. The molecule has 186 valence electrons. The summed E-state index contributed by atoms with van der Waals surface area (Å²) >= 11 is 0. The minimum atomic E-state index is -0.290. The van der Waals surface area contributed by atoms with Crippen molar-refractivity contribution in [2.24, 2.45) is 5.41 Å². The van der Waals surface area contributed by atoms with Crippen LogP contribution in [-0.4, -0.2) is 56.2 Å². The number of benzene rings is 1. The predicted molar refractivity (Wildman–Crippen MR) is 128 cm³/mol. The second-order valence-electron chi connectivity index (χ2n) is 9.99. The van der Waals surface area contributed by atoms with Crippen LogP contribution in [0.25, 0.3) is 0 Å². The van der Waals surface area contributed by atoms with Crippen molar-refractivity contribution in [3.8, 4) is 5.75 Å². The molecule has 4 aliphatic rings. The summed E-state index contributed by atoms with van der Waals surface area (Å²) in [5, 5.41) is 3.07. The zero-order valence-electron chi connectivity index (χ0n) is 20.2. The molecular formula is C27H37FN2O4. The largest absolute Gasteiger partial charge is 0.489 e. The molecular weight excluding hydrogens is 435 g/mol. The molecule has 1 aromatic rings. The van der Waals surface area contributed by atoms with Crippen LogP contribution in [0.2, 0.25) is 0 Å². The SMILES string of the molecule is CC/C(=C\F)COc1ccc(C23CCC(C(=O)NCCC(=O)N4CCOCC4)(CC2)CC3)cc1. The number of ether oxygens (including phenoxy) is 2. The minimum absolute atomic E-state index is 0.0893. The fourth-order valence-electron chi connectivity index (χ4n) is 5.69. The Morgan fingerprint density at radius 3 is 2.32 bits per heavy atom. The van der Waals surface area contributed by atoms with Gasteiger partial charge in [0.05, 0.1) is 19.5 Å². The van der Waals surface area contributed by atoms with E-state index in [0.717, 1.165) is 44.3 Å². The Bertz CT molecular complexity index is 868. The molecule has 0 aromatic heterocycles. The van der Waals surface area contributed by atoms with E-state index in [9.17, 15) is 14.0 Å². The lowest BCUT2D eigenvalue weighted by Gasteiger charge is -2.52. The zero-order chi connectivity index (χ0) is 24.0. The summed E-state index contributed by atoms with van der Waals surface area (Å²) in [7, 11) is 0. The smallest absolute Gasteiger partial charge is 0.226 e. The van der Waals surface area contributed by atoms with Crippen LogP contribution in [0.15, 0.2) is 36.2 Å². The van der Waals surface area contributed by atoms with Gasteiger partial charge in [0, 0.05) is 31.5 Å². The molecule has 2 amide bonds. The molecule has 1 N–H and O–H groups in total. The lowest BCUT2D eigenvalue weighted by atomic mass is 9.51. The number of carbonyl (C=O) groups is 2. The topological polar surface area (TPSA) is 67.9 Å². The first kappa shape index (κ1) is 24.7. The molecule has 1 saturated heterocycles. The van der Waals surface area contributed by atoms with Crippen molar-refractivity contribution in [3.63, 3.8) is 0 Å². The normalized spacial score (nSPS) is 26.9. The third-order valence-corrected chi connectivity index (χ3v) is 8.22. The van der Waals surface area contributed by atoms with Gasteiger partial charge < -0.3 is 19.7 Å². The Hall–Kier alpha value is -2.41. The Morgan fingerprint density at radius 1 is 1.09 bits per heavy atom. The summed E-state index contributed by atoms with van der Waals surface area (Å²) < 4.78 is 23.8. The van der Waals surface area contributed by atoms with Crippen molar-refractivity contribution >= 4 is 11.8 Å². The van der Waals surface area contributed by atoms with Crippen LogP contribution in [0.5, 0.6) is 5.75 Å². The molecule has 7 heteroatoms. The van der Waals surface area contributed by atoms with Crippen molar-refractivity contribution in [1.29, 1.82) is 0 Å². The minimum Gasteiger partial charge on any atom is -0.489 e. The highest BCUT2D eigenvalue weighted by atomic mass is 19.1. The van der Waals surface area contributed by atoms with E-state index in [1.807, 2.05) is 24.0 Å². The first-order valence-corrected chi connectivity index (χ1v) is 12.7. The van der Waals surface area contributed by atoms with Crippen LogP contribution < -0.4 is 10.1 Å². The molecule has 1 aliphatic heterocycles. The van der Waals surface area contributed by atoms with Crippen LogP contribution in [-0.2, 0) is 19.7 Å². The average Bonchev–Trinajstić information content (AvgIpc) is 2.91. The Balaban J connectivity index is 1.27. The molecule has 1 heterocycles. The van der Waals surface area contributed by atoms with E-state index in [-0.39, 0.29) is 29.3 Å². The highest BCUT2D eigenvalue weighted by Gasteiger charge is 2.52. The molecule has 2 bridgehead atoms. The second-order valence-corrected chi connectivity index (χ2v) is 9.99. The number of rotatable bonds is 9. The van der Waals surface area contributed by atoms with Gasteiger partial charge in [-0.1, -0.05) is 19.1 Å². The van der Waals surface area contributed by atoms with E-state index in [0.29, 0.717) is 57.6 Å². The summed E-state index contributed by atoms with van der Waals surface area (Å²) in [4.78, 5) is 27.2. The summed E-state index contributed by atoms with van der Waals surface area (Å²) in [6.07, 6.45) is 7.26. The molecule has 0 atom stereocenters. The number of nitrogens with one attached hydrogen (secondary N) is 1. The molecule has 3 saturated carbocycles. The Kier molecular flexibility index (Phi) is 7.91. The maximum atomic E-state index is 13.1. The molecule has 0 radical (unpaired) electrons. The number of amides is 2. The quantitative estimate of drug-likeness (QED) is 0.582.